The van der Waals surface area contributed by atoms with E-state index in [0.717, 1.165) is 11.4 Å². The van der Waals surface area contributed by atoms with Crippen molar-refractivity contribution >= 4 is 23.8 Å². The summed E-state index contributed by atoms with van der Waals surface area (Å²) >= 11 is 4.56. The van der Waals surface area contributed by atoms with Crippen LogP contribution in [0.15, 0.2) is 28.6 Å². The summed E-state index contributed by atoms with van der Waals surface area (Å²) < 4.78 is 3.66. The van der Waals surface area contributed by atoms with Gasteiger partial charge in [0.2, 0.25) is 0 Å². The maximum Gasteiger partial charge on any atom is 0.1000 e. The molecule has 10 heavy (non-hydrogen) atoms. The molecule has 0 heterocycles. The summed E-state index contributed by atoms with van der Waals surface area (Å²) in [6.07, 6.45) is 0. The summed E-state index contributed by atoms with van der Waals surface area (Å²) in [4.78, 5) is 0. The molecule has 0 aliphatic rings. The van der Waals surface area contributed by atoms with Crippen molar-refractivity contribution in [1.82, 2.24) is 0 Å². The maximum absolute atomic E-state index is 4.56. The van der Waals surface area contributed by atoms with Crippen LogP contribution in [0.3, 0.4) is 0 Å². The maximum atomic E-state index is 4.56. The van der Waals surface area contributed by atoms with Crippen LogP contribution in [-0.4, -0.2) is 7.05 Å². The zero-order valence-corrected chi connectivity index (χ0v) is 6.48. The summed E-state index contributed by atoms with van der Waals surface area (Å²) in [6, 6.07) is 7.66. The first-order valence-corrected chi connectivity index (χ1v) is 3.35. The SMILES string of the molecule is CNc1ccccc1N=S. The largest absolute Gasteiger partial charge is 0.386 e. The first-order chi connectivity index (χ1) is 4.88. The van der Waals surface area contributed by atoms with Crippen LogP contribution >= 0.6 is 0 Å². The average Bonchev–Trinajstić information content (AvgIpc) is 2.04. The summed E-state index contributed by atoms with van der Waals surface area (Å²) in [5.74, 6) is 0. The fourth-order valence-electron chi connectivity index (χ4n) is 0.765. The highest BCUT2D eigenvalue weighted by molar-refractivity contribution is 7.47. The normalized spacial score (nSPS) is 8.90. The molecule has 0 radical (unpaired) electrons. The second kappa shape index (κ2) is 3.27. The van der Waals surface area contributed by atoms with Gasteiger partial charge in [-0.15, -0.1) is 0 Å². The van der Waals surface area contributed by atoms with Crippen molar-refractivity contribution in [1.29, 1.82) is 0 Å². The number of rotatable bonds is 2. The third-order valence-electron chi connectivity index (χ3n) is 1.27. The second-order valence-corrected chi connectivity index (χ2v) is 2.04. The molecule has 0 saturated carbocycles. The molecule has 3 heteroatoms. The lowest BCUT2D eigenvalue weighted by Gasteiger charge is -2.00. The first-order valence-electron chi connectivity index (χ1n) is 2.98. The molecule has 0 atom stereocenters. The van der Waals surface area contributed by atoms with E-state index in [2.05, 4.69) is 22.1 Å². The lowest BCUT2D eigenvalue weighted by atomic mass is 10.3. The lowest BCUT2D eigenvalue weighted by molar-refractivity contribution is 1.47. The monoisotopic (exact) mass is 152 g/mol. The summed E-state index contributed by atoms with van der Waals surface area (Å²) in [6.45, 7) is 0. The second-order valence-electron chi connectivity index (χ2n) is 1.86. The Hall–Kier alpha value is -0.960. The van der Waals surface area contributed by atoms with E-state index in [0.29, 0.717) is 0 Å². The Morgan fingerprint density at radius 2 is 2.10 bits per heavy atom. The predicted octanol–water partition coefficient (Wildman–Crippen LogP) is 2.09. The van der Waals surface area contributed by atoms with Gasteiger partial charge in [-0.25, -0.2) is 0 Å². The van der Waals surface area contributed by atoms with Crippen LogP contribution in [0, 0.1) is 0 Å². The van der Waals surface area contributed by atoms with Crippen LogP contribution in [-0.2, 0) is 12.4 Å². The molecule has 0 aliphatic heterocycles. The molecule has 1 rings (SSSR count). The molecule has 0 amide bonds. The van der Waals surface area contributed by atoms with E-state index in [9.17, 15) is 0 Å². The molecule has 0 spiro atoms. The zero-order valence-electron chi connectivity index (χ0n) is 5.66. The van der Waals surface area contributed by atoms with Gasteiger partial charge in [0.25, 0.3) is 0 Å². The molecule has 1 aromatic rings. The fraction of sp³-hybridized carbons (Fsp3) is 0.143. The van der Waals surface area contributed by atoms with Gasteiger partial charge in [0.1, 0.15) is 0 Å². The Balaban J connectivity index is 3.08. The Morgan fingerprint density at radius 1 is 1.40 bits per heavy atom. The summed E-state index contributed by atoms with van der Waals surface area (Å²) in [5, 5.41) is 2.99. The molecule has 2 nitrogen and oxygen atoms in total. The highest BCUT2D eigenvalue weighted by Crippen LogP contribution is 2.22. The van der Waals surface area contributed by atoms with Crippen LogP contribution in [0.25, 0.3) is 0 Å². The number of anilines is 1. The first kappa shape index (κ1) is 7.15. The zero-order chi connectivity index (χ0) is 7.40. The molecule has 0 aromatic heterocycles. The average molecular weight is 152 g/mol. The van der Waals surface area contributed by atoms with Crippen LogP contribution in [0.4, 0.5) is 11.4 Å². The summed E-state index contributed by atoms with van der Waals surface area (Å²) in [5.41, 5.74) is 1.79. The van der Waals surface area contributed by atoms with Gasteiger partial charge in [-0.1, -0.05) is 12.1 Å². The van der Waals surface area contributed by atoms with Crippen LogP contribution in [0.5, 0.6) is 0 Å². The van der Waals surface area contributed by atoms with Gasteiger partial charge in [0.05, 0.1) is 11.4 Å². The standard InChI is InChI=1S/C7H8N2S/c1-8-6-4-2-3-5-7(6)9-10/h2-5,8H,1H3. The van der Waals surface area contributed by atoms with E-state index >= 15 is 0 Å². The Bertz CT molecular complexity index is 235. The minimum Gasteiger partial charge on any atom is -0.386 e. The van der Waals surface area contributed by atoms with E-state index < -0.39 is 0 Å². The highest BCUT2D eigenvalue weighted by Gasteiger charge is 1.93. The van der Waals surface area contributed by atoms with E-state index in [-0.39, 0.29) is 0 Å². The van der Waals surface area contributed by atoms with Crippen molar-refractivity contribution in [2.75, 3.05) is 12.4 Å². The van der Waals surface area contributed by atoms with Crippen molar-refractivity contribution in [3.05, 3.63) is 24.3 Å². The smallest absolute Gasteiger partial charge is 0.1000 e. The molecule has 52 valence electrons. The third kappa shape index (κ3) is 1.30. The highest BCUT2D eigenvalue weighted by atomic mass is 32.1. The van der Waals surface area contributed by atoms with Gasteiger partial charge >= 0.3 is 0 Å². The van der Waals surface area contributed by atoms with E-state index in [1.165, 1.54) is 0 Å². The number of nitrogens with zero attached hydrogens (tertiary/aromatic N) is 1. The van der Waals surface area contributed by atoms with Gasteiger partial charge in [-0.3, -0.25) is 0 Å². The third-order valence-corrected chi connectivity index (χ3v) is 1.47. The molecule has 0 aliphatic carbocycles. The van der Waals surface area contributed by atoms with Crippen molar-refractivity contribution in [2.24, 2.45) is 4.36 Å². The van der Waals surface area contributed by atoms with Crippen molar-refractivity contribution < 1.29 is 0 Å². The van der Waals surface area contributed by atoms with E-state index in [1.807, 2.05) is 31.3 Å². The lowest BCUT2D eigenvalue weighted by Crippen LogP contribution is -1.86. The number of hydrogen-bond donors (Lipinski definition) is 1. The number of para-hydroxylation sites is 1. The molecule has 0 unspecified atom stereocenters. The fourth-order valence-corrected chi connectivity index (χ4v) is 0.924. The molecule has 0 fully saturated rings. The van der Waals surface area contributed by atoms with E-state index in [1.54, 1.807) is 0 Å². The molecule has 0 saturated heterocycles. The molecule has 1 N–H and O–H groups in total. The van der Waals surface area contributed by atoms with Crippen LogP contribution < -0.4 is 5.32 Å². The molecule has 0 bridgehead atoms. The van der Waals surface area contributed by atoms with Gasteiger partial charge in [-0.2, -0.15) is 4.36 Å². The topological polar surface area (TPSA) is 24.4 Å². The molecular weight excluding hydrogens is 144 g/mol. The molecule has 1 aromatic carbocycles. The Kier molecular flexibility index (Phi) is 2.34. The van der Waals surface area contributed by atoms with Gasteiger partial charge in [0.15, 0.2) is 0 Å². The van der Waals surface area contributed by atoms with Gasteiger partial charge in [-0.05, 0) is 12.1 Å². The number of benzene rings is 1. The minimum atomic E-state index is 0.819. The van der Waals surface area contributed by atoms with E-state index in [4.69, 9.17) is 0 Å². The molecular formula is C7H8N2S. The van der Waals surface area contributed by atoms with Crippen molar-refractivity contribution in [3.8, 4) is 0 Å². The minimum absolute atomic E-state index is 0.819. The van der Waals surface area contributed by atoms with Gasteiger partial charge in [0, 0.05) is 19.5 Å². The van der Waals surface area contributed by atoms with Crippen LogP contribution in [0.2, 0.25) is 0 Å². The quantitative estimate of drug-likeness (QED) is 0.701. The van der Waals surface area contributed by atoms with Crippen molar-refractivity contribution in [3.63, 3.8) is 0 Å². The number of nitrogens with one attached hydrogen (secondary N) is 1. The number of hydrogen-bond acceptors (Lipinski definition) is 3. The summed E-state index contributed by atoms with van der Waals surface area (Å²) in [7, 11) is 1.85. The van der Waals surface area contributed by atoms with Gasteiger partial charge < -0.3 is 5.32 Å². The predicted molar refractivity (Wildman–Crippen MR) is 45.4 cm³/mol. The van der Waals surface area contributed by atoms with Crippen molar-refractivity contribution in [2.45, 2.75) is 0 Å². The Labute approximate surface area is 65.4 Å². The Morgan fingerprint density at radius 3 is 2.60 bits per heavy atom. The van der Waals surface area contributed by atoms with Crippen LogP contribution in [0.1, 0.15) is 0 Å².